The van der Waals surface area contributed by atoms with E-state index in [0.29, 0.717) is 6.61 Å². The van der Waals surface area contributed by atoms with E-state index < -0.39 is 0 Å². The molecule has 0 aromatic rings. The molecule has 0 aromatic carbocycles. The van der Waals surface area contributed by atoms with Crippen molar-refractivity contribution in [3.63, 3.8) is 0 Å². The first-order valence-electron chi connectivity index (χ1n) is 1.74. The highest BCUT2D eigenvalue weighted by Gasteiger charge is 2.24. The molecule has 1 fully saturated rings. The normalized spacial score (nSPS) is 21.5. The second-order valence-electron chi connectivity index (χ2n) is 1.08. The number of hydrogen-bond donors (Lipinski definition) is 0. The lowest BCUT2D eigenvalue weighted by molar-refractivity contribution is 0.0850. The van der Waals surface area contributed by atoms with Crippen molar-refractivity contribution in [2.75, 3.05) is 13.7 Å². The van der Waals surface area contributed by atoms with Gasteiger partial charge in [0.15, 0.2) is 0 Å². The van der Waals surface area contributed by atoms with Crippen molar-refractivity contribution in [1.29, 1.82) is 0 Å². The lowest BCUT2D eigenvalue weighted by atomic mass is 10.7. The summed E-state index contributed by atoms with van der Waals surface area (Å²) in [5.41, 5.74) is 0. The second kappa shape index (κ2) is 1.55. The molecular formula is C3H6O3. The molecule has 1 rings (SSSR count). The average Bonchev–Trinajstić information content (AvgIpc) is 2.21. The first kappa shape index (κ1) is 4.05. The largest absolute Gasteiger partial charge is 0.379 e. The minimum absolute atomic E-state index is 0.0741. The maximum absolute atomic E-state index is 4.62. The molecule has 0 amide bonds. The van der Waals surface area contributed by atoms with E-state index in [9.17, 15) is 0 Å². The highest BCUT2D eigenvalue weighted by atomic mass is 17.4. The smallest absolute Gasteiger partial charge is 0.247 e. The molecule has 0 aliphatic carbocycles. The Labute approximate surface area is 35.7 Å². The van der Waals surface area contributed by atoms with E-state index in [0.717, 1.165) is 0 Å². The molecule has 0 aromatic heterocycles. The van der Waals surface area contributed by atoms with Gasteiger partial charge in [-0.05, 0) is 0 Å². The van der Waals surface area contributed by atoms with Crippen LogP contribution in [-0.2, 0) is 14.5 Å². The number of rotatable bonds is 2. The van der Waals surface area contributed by atoms with Crippen LogP contribution in [0.1, 0.15) is 0 Å². The summed E-state index contributed by atoms with van der Waals surface area (Å²) in [6, 6.07) is 0. The van der Waals surface area contributed by atoms with Crippen molar-refractivity contribution in [1.82, 2.24) is 0 Å². The molecule has 0 atom stereocenters. The molecule has 0 radical (unpaired) electrons. The van der Waals surface area contributed by atoms with Gasteiger partial charge in [0.25, 0.3) is 0 Å². The van der Waals surface area contributed by atoms with Gasteiger partial charge in [-0.25, -0.2) is 0 Å². The Morgan fingerprint density at radius 1 is 1.67 bits per heavy atom. The molecule has 0 bridgehead atoms. The minimum atomic E-state index is -0.0741. The van der Waals surface area contributed by atoms with Crippen molar-refractivity contribution in [3.8, 4) is 0 Å². The molecule has 36 valence electrons. The maximum atomic E-state index is 4.62. The van der Waals surface area contributed by atoms with Gasteiger partial charge in [0.05, 0.1) is 0 Å². The van der Waals surface area contributed by atoms with E-state index >= 15 is 0 Å². The number of methoxy groups -OCH3 is 1. The highest BCUT2D eigenvalue weighted by Crippen LogP contribution is 2.10. The third kappa shape index (κ3) is 0.931. The molecule has 0 unspecified atom stereocenters. The van der Waals surface area contributed by atoms with Gasteiger partial charge < -0.3 is 4.74 Å². The van der Waals surface area contributed by atoms with E-state index in [1.54, 1.807) is 7.11 Å². The molecule has 0 spiro atoms. The predicted molar refractivity (Wildman–Crippen MR) is 17.8 cm³/mol. The topological polar surface area (TPSA) is 34.3 Å². The van der Waals surface area contributed by atoms with E-state index in [1.165, 1.54) is 0 Å². The fourth-order valence-corrected chi connectivity index (χ4v) is 0.231. The van der Waals surface area contributed by atoms with Crippen LogP contribution >= 0.6 is 0 Å². The zero-order chi connectivity index (χ0) is 4.41. The predicted octanol–water partition coefficient (Wildman–Crippen LogP) is -0.0793. The molecule has 3 nitrogen and oxygen atoms in total. The van der Waals surface area contributed by atoms with Gasteiger partial charge in [0.2, 0.25) is 6.29 Å². The van der Waals surface area contributed by atoms with Crippen LogP contribution in [0.25, 0.3) is 0 Å². The first-order chi connectivity index (χ1) is 2.93. The van der Waals surface area contributed by atoms with Crippen LogP contribution in [0.5, 0.6) is 0 Å². The lowest BCUT2D eigenvalue weighted by Crippen LogP contribution is -1.94. The third-order valence-electron chi connectivity index (χ3n) is 0.535. The van der Waals surface area contributed by atoms with Gasteiger partial charge in [-0.15, -0.1) is 0 Å². The lowest BCUT2D eigenvalue weighted by Gasteiger charge is -1.81. The van der Waals surface area contributed by atoms with Crippen LogP contribution in [0.2, 0.25) is 0 Å². The Morgan fingerprint density at radius 2 is 2.33 bits per heavy atom. The monoisotopic (exact) mass is 90.0 g/mol. The quantitative estimate of drug-likeness (QED) is 0.351. The molecule has 1 saturated heterocycles. The first-order valence-corrected chi connectivity index (χ1v) is 1.74. The van der Waals surface area contributed by atoms with Crippen LogP contribution < -0.4 is 0 Å². The fraction of sp³-hybridized carbons (Fsp3) is 1.00. The molecule has 3 heteroatoms. The Balaban J connectivity index is 1.88. The maximum Gasteiger partial charge on any atom is 0.247 e. The van der Waals surface area contributed by atoms with E-state index in [2.05, 4.69) is 14.5 Å². The molecular weight excluding hydrogens is 84.0 g/mol. The van der Waals surface area contributed by atoms with E-state index in [1.807, 2.05) is 0 Å². The molecule has 0 saturated carbocycles. The summed E-state index contributed by atoms with van der Waals surface area (Å²) >= 11 is 0. The Kier molecular flexibility index (Phi) is 1.05. The Hall–Kier alpha value is -0.120. The molecule has 0 N–H and O–H groups in total. The van der Waals surface area contributed by atoms with Crippen molar-refractivity contribution in [2.24, 2.45) is 0 Å². The van der Waals surface area contributed by atoms with Crippen molar-refractivity contribution >= 4 is 0 Å². The van der Waals surface area contributed by atoms with Crippen LogP contribution in [0.15, 0.2) is 0 Å². The fourth-order valence-electron chi connectivity index (χ4n) is 0.231. The summed E-state index contributed by atoms with van der Waals surface area (Å²) in [7, 11) is 1.60. The standard InChI is InChI=1S/C3H6O3/c1-4-2-3-5-6-3/h3H,2H2,1H3. The van der Waals surface area contributed by atoms with E-state index in [-0.39, 0.29) is 6.29 Å². The summed E-state index contributed by atoms with van der Waals surface area (Å²) in [6.07, 6.45) is -0.0741. The summed E-state index contributed by atoms with van der Waals surface area (Å²) in [4.78, 5) is 8.65. The van der Waals surface area contributed by atoms with Crippen LogP contribution in [0, 0.1) is 0 Å². The van der Waals surface area contributed by atoms with Crippen molar-refractivity contribution in [2.45, 2.75) is 6.29 Å². The summed E-state index contributed by atoms with van der Waals surface area (Å²) < 4.78 is 4.62. The molecule has 1 aliphatic rings. The Morgan fingerprint density at radius 3 is 2.50 bits per heavy atom. The SMILES string of the molecule is COCC1OO1. The van der Waals surface area contributed by atoms with Gasteiger partial charge >= 0.3 is 0 Å². The average molecular weight is 90.1 g/mol. The molecule has 1 heterocycles. The van der Waals surface area contributed by atoms with Gasteiger partial charge in [-0.2, -0.15) is 9.78 Å². The van der Waals surface area contributed by atoms with Crippen LogP contribution in [0.3, 0.4) is 0 Å². The summed E-state index contributed by atoms with van der Waals surface area (Å²) in [5, 5.41) is 0. The second-order valence-corrected chi connectivity index (χ2v) is 1.08. The highest BCUT2D eigenvalue weighted by molar-refractivity contribution is 4.39. The molecule has 6 heavy (non-hydrogen) atoms. The van der Waals surface area contributed by atoms with E-state index in [4.69, 9.17) is 0 Å². The zero-order valence-electron chi connectivity index (χ0n) is 3.51. The van der Waals surface area contributed by atoms with Gasteiger partial charge in [0, 0.05) is 7.11 Å². The number of ether oxygens (including phenoxy) is 1. The van der Waals surface area contributed by atoms with Gasteiger partial charge in [-0.3, -0.25) is 0 Å². The molecule has 1 aliphatic heterocycles. The minimum Gasteiger partial charge on any atom is -0.379 e. The van der Waals surface area contributed by atoms with Crippen LogP contribution in [0.4, 0.5) is 0 Å². The Bertz CT molecular complexity index is 41.3. The van der Waals surface area contributed by atoms with Crippen molar-refractivity contribution < 1.29 is 14.5 Å². The number of hydrogen-bond acceptors (Lipinski definition) is 3. The van der Waals surface area contributed by atoms with Gasteiger partial charge in [-0.1, -0.05) is 0 Å². The van der Waals surface area contributed by atoms with Crippen LogP contribution in [-0.4, -0.2) is 20.0 Å². The summed E-state index contributed by atoms with van der Waals surface area (Å²) in [5.74, 6) is 0. The zero-order valence-corrected chi connectivity index (χ0v) is 3.51. The third-order valence-corrected chi connectivity index (χ3v) is 0.535. The van der Waals surface area contributed by atoms with Gasteiger partial charge in [0.1, 0.15) is 6.61 Å². The van der Waals surface area contributed by atoms with Crippen molar-refractivity contribution in [3.05, 3.63) is 0 Å². The summed E-state index contributed by atoms with van der Waals surface area (Å²) in [6.45, 7) is 0.542.